The third kappa shape index (κ3) is 4.61. The van der Waals surface area contributed by atoms with Crippen LogP contribution in [0.25, 0.3) is 0 Å². The molecule has 0 heterocycles. The van der Waals surface area contributed by atoms with Crippen molar-refractivity contribution in [1.82, 2.24) is 0 Å². The van der Waals surface area contributed by atoms with E-state index in [0.717, 1.165) is 17.7 Å². The number of hydrogen-bond acceptors (Lipinski definition) is 2. The summed E-state index contributed by atoms with van der Waals surface area (Å²) in [7, 11) is 1.68. The van der Waals surface area contributed by atoms with Gasteiger partial charge in [-0.2, -0.15) is 0 Å². The van der Waals surface area contributed by atoms with E-state index in [0.29, 0.717) is 13.2 Å². The topological polar surface area (TPSA) is 18.5 Å². The zero-order valence-corrected chi connectivity index (χ0v) is 13.2. The Kier molecular flexibility index (Phi) is 5.82. The van der Waals surface area contributed by atoms with E-state index >= 15 is 0 Å². The third-order valence-electron chi connectivity index (χ3n) is 3.64. The van der Waals surface area contributed by atoms with Gasteiger partial charge in [0.1, 0.15) is 5.75 Å². The van der Waals surface area contributed by atoms with E-state index in [4.69, 9.17) is 9.47 Å². The van der Waals surface area contributed by atoms with Gasteiger partial charge in [-0.05, 0) is 47.7 Å². The Morgan fingerprint density at radius 1 is 0.905 bits per heavy atom. The molecule has 0 spiro atoms. The first-order valence-electron chi connectivity index (χ1n) is 7.52. The summed E-state index contributed by atoms with van der Waals surface area (Å²) >= 11 is 0. The smallest absolute Gasteiger partial charge is 0.118 e. The zero-order chi connectivity index (χ0) is 15.1. The Morgan fingerprint density at radius 2 is 1.62 bits per heavy atom. The normalized spacial score (nSPS) is 10.6. The maximum Gasteiger partial charge on any atom is 0.118 e. The highest BCUT2D eigenvalue weighted by atomic mass is 16.5. The van der Waals surface area contributed by atoms with Gasteiger partial charge in [0.2, 0.25) is 0 Å². The molecule has 0 saturated carbocycles. The van der Waals surface area contributed by atoms with Crippen molar-refractivity contribution in [3.8, 4) is 5.75 Å². The highest BCUT2D eigenvalue weighted by Gasteiger charge is 2.02. The lowest BCUT2D eigenvalue weighted by Crippen LogP contribution is -1.98. The molecule has 0 saturated heterocycles. The quantitative estimate of drug-likeness (QED) is 0.735. The molecule has 2 rings (SSSR count). The SMILES string of the molecule is CCCc1ccc(C)c(COCc2ccc(OC)cc2)c1. The van der Waals surface area contributed by atoms with E-state index in [9.17, 15) is 0 Å². The number of hydrogen-bond donors (Lipinski definition) is 0. The molecule has 21 heavy (non-hydrogen) atoms. The Hall–Kier alpha value is -1.80. The van der Waals surface area contributed by atoms with Crippen LogP contribution in [-0.2, 0) is 24.4 Å². The molecule has 0 atom stereocenters. The molecule has 0 N–H and O–H groups in total. The summed E-state index contributed by atoms with van der Waals surface area (Å²) in [6.45, 7) is 5.64. The molecular formula is C19H24O2. The van der Waals surface area contributed by atoms with E-state index in [2.05, 4.69) is 32.0 Å². The molecule has 2 heteroatoms. The fourth-order valence-corrected chi connectivity index (χ4v) is 2.33. The lowest BCUT2D eigenvalue weighted by Gasteiger charge is -2.10. The summed E-state index contributed by atoms with van der Waals surface area (Å²) in [5.41, 5.74) is 5.14. The number of methoxy groups -OCH3 is 1. The average Bonchev–Trinajstić information content (AvgIpc) is 2.51. The molecule has 2 nitrogen and oxygen atoms in total. The van der Waals surface area contributed by atoms with Crippen molar-refractivity contribution < 1.29 is 9.47 Å². The minimum absolute atomic E-state index is 0.626. The van der Waals surface area contributed by atoms with Gasteiger partial charge < -0.3 is 9.47 Å². The third-order valence-corrected chi connectivity index (χ3v) is 3.64. The predicted octanol–water partition coefficient (Wildman–Crippen LogP) is 4.67. The van der Waals surface area contributed by atoms with Crippen LogP contribution in [0.1, 0.15) is 35.6 Å². The van der Waals surface area contributed by atoms with Crippen LogP contribution in [0.4, 0.5) is 0 Å². The van der Waals surface area contributed by atoms with E-state index < -0.39 is 0 Å². The highest BCUT2D eigenvalue weighted by molar-refractivity contribution is 5.31. The highest BCUT2D eigenvalue weighted by Crippen LogP contribution is 2.16. The van der Waals surface area contributed by atoms with Crippen molar-refractivity contribution in [3.05, 3.63) is 64.7 Å². The van der Waals surface area contributed by atoms with Crippen molar-refractivity contribution in [3.63, 3.8) is 0 Å². The minimum atomic E-state index is 0.626. The van der Waals surface area contributed by atoms with Crippen LogP contribution in [0.15, 0.2) is 42.5 Å². The second-order valence-corrected chi connectivity index (χ2v) is 5.35. The summed E-state index contributed by atoms with van der Waals surface area (Å²) in [4.78, 5) is 0. The maximum atomic E-state index is 5.85. The Balaban J connectivity index is 1.91. The lowest BCUT2D eigenvalue weighted by molar-refractivity contribution is 0.106. The zero-order valence-electron chi connectivity index (χ0n) is 13.2. The van der Waals surface area contributed by atoms with Gasteiger partial charge in [0, 0.05) is 0 Å². The van der Waals surface area contributed by atoms with Crippen LogP contribution in [0.2, 0.25) is 0 Å². The Morgan fingerprint density at radius 3 is 2.29 bits per heavy atom. The molecule has 2 aromatic carbocycles. The lowest BCUT2D eigenvalue weighted by atomic mass is 10.0. The van der Waals surface area contributed by atoms with Gasteiger partial charge >= 0.3 is 0 Å². The van der Waals surface area contributed by atoms with Gasteiger partial charge in [0.15, 0.2) is 0 Å². The summed E-state index contributed by atoms with van der Waals surface area (Å²) < 4.78 is 11.0. The van der Waals surface area contributed by atoms with Crippen LogP contribution in [0.5, 0.6) is 5.75 Å². The van der Waals surface area contributed by atoms with Crippen molar-refractivity contribution in [2.45, 2.75) is 39.9 Å². The molecule has 0 aliphatic carbocycles. The van der Waals surface area contributed by atoms with E-state index in [1.165, 1.54) is 23.1 Å². The van der Waals surface area contributed by atoms with E-state index in [1.807, 2.05) is 24.3 Å². The van der Waals surface area contributed by atoms with E-state index in [1.54, 1.807) is 7.11 Å². The molecule has 0 aliphatic rings. The fourth-order valence-electron chi connectivity index (χ4n) is 2.33. The molecule has 0 aromatic heterocycles. The van der Waals surface area contributed by atoms with Gasteiger partial charge in [0.25, 0.3) is 0 Å². The van der Waals surface area contributed by atoms with Crippen molar-refractivity contribution in [2.75, 3.05) is 7.11 Å². The van der Waals surface area contributed by atoms with Crippen LogP contribution in [0.3, 0.4) is 0 Å². The second-order valence-electron chi connectivity index (χ2n) is 5.35. The van der Waals surface area contributed by atoms with Gasteiger partial charge in [-0.1, -0.05) is 43.7 Å². The first-order valence-corrected chi connectivity index (χ1v) is 7.52. The molecule has 0 bridgehead atoms. The molecule has 0 radical (unpaired) electrons. The summed E-state index contributed by atoms with van der Waals surface area (Å²) in [5.74, 6) is 0.877. The first-order chi connectivity index (χ1) is 10.2. The summed E-state index contributed by atoms with van der Waals surface area (Å²) in [6.07, 6.45) is 2.31. The van der Waals surface area contributed by atoms with Crippen LogP contribution in [0, 0.1) is 6.92 Å². The van der Waals surface area contributed by atoms with Gasteiger partial charge in [0.05, 0.1) is 20.3 Å². The van der Waals surface area contributed by atoms with Crippen molar-refractivity contribution >= 4 is 0 Å². The molecule has 0 unspecified atom stereocenters. The molecular weight excluding hydrogens is 260 g/mol. The predicted molar refractivity (Wildman–Crippen MR) is 86.7 cm³/mol. The first kappa shape index (κ1) is 15.6. The second kappa shape index (κ2) is 7.84. The molecule has 0 amide bonds. The molecule has 0 aliphatic heterocycles. The number of aryl methyl sites for hydroxylation is 2. The van der Waals surface area contributed by atoms with Crippen molar-refractivity contribution in [2.24, 2.45) is 0 Å². The Labute approximate surface area is 127 Å². The standard InChI is InChI=1S/C19H24O2/c1-4-5-16-7-6-15(2)18(12-16)14-21-13-17-8-10-19(20-3)11-9-17/h6-12H,4-5,13-14H2,1-3H3. The number of benzene rings is 2. The van der Waals surface area contributed by atoms with Crippen LogP contribution in [-0.4, -0.2) is 7.11 Å². The molecule has 0 fully saturated rings. The monoisotopic (exact) mass is 284 g/mol. The summed E-state index contributed by atoms with van der Waals surface area (Å²) in [5, 5.41) is 0. The van der Waals surface area contributed by atoms with Crippen LogP contribution < -0.4 is 4.74 Å². The average molecular weight is 284 g/mol. The molecule has 2 aromatic rings. The van der Waals surface area contributed by atoms with Gasteiger partial charge in [-0.15, -0.1) is 0 Å². The number of rotatable bonds is 7. The largest absolute Gasteiger partial charge is 0.497 e. The fraction of sp³-hybridized carbons (Fsp3) is 0.368. The van der Waals surface area contributed by atoms with Crippen molar-refractivity contribution in [1.29, 1.82) is 0 Å². The maximum absolute atomic E-state index is 5.85. The van der Waals surface area contributed by atoms with Gasteiger partial charge in [-0.3, -0.25) is 0 Å². The molecule has 112 valence electrons. The Bertz CT molecular complexity index is 558. The van der Waals surface area contributed by atoms with Crippen LogP contribution >= 0.6 is 0 Å². The minimum Gasteiger partial charge on any atom is -0.497 e. The number of ether oxygens (including phenoxy) is 2. The van der Waals surface area contributed by atoms with Gasteiger partial charge in [-0.25, -0.2) is 0 Å². The van der Waals surface area contributed by atoms with E-state index in [-0.39, 0.29) is 0 Å². The summed E-state index contributed by atoms with van der Waals surface area (Å²) in [6, 6.07) is 14.7.